The summed E-state index contributed by atoms with van der Waals surface area (Å²) in [6, 6.07) is 20.1. The van der Waals surface area contributed by atoms with E-state index in [4.69, 9.17) is 28.8 Å². The van der Waals surface area contributed by atoms with E-state index in [9.17, 15) is 4.79 Å². The fraction of sp³-hybridized carbons (Fsp3) is 0. The largest absolute Gasteiger partial charge is 0.331 e. The number of aromatic nitrogens is 2. The van der Waals surface area contributed by atoms with Crippen molar-refractivity contribution in [2.24, 2.45) is 0 Å². The van der Waals surface area contributed by atoms with Crippen molar-refractivity contribution >= 4 is 77.4 Å². The summed E-state index contributed by atoms with van der Waals surface area (Å²) in [4.78, 5) is 18.1. The molecule has 0 aliphatic heterocycles. The van der Waals surface area contributed by atoms with Crippen LogP contribution in [0.1, 0.15) is 0 Å². The zero-order valence-electron chi connectivity index (χ0n) is 15.2. The maximum atomic E-state index is 13.4. The molecule has 0 bridgehead atoms. The second-order valence-electron chi connectivity index (χ2n) is 6.30. The van der Waals surface area contributed by atoms with E-state index in [1.54, 1.807) is 30.3 Å². The molecule has 0 saturated carbocycles. The summed E-state index contributed by atoms with van der Waals surface area (Å²) in [5.74, 6) is 0.441. The first-order chi connectivity index (χ1) is 14.4. The topological polar surface area (TPSA) is 59.0 Å². The van der Waals surface area contributed by atoms with Crippen molar-refractivity contribution in [3.05, 3.63) is 91.1 Å². The van der Waals surface area contributed by atoms with Crippen molar-refractivity contribution in [3.63, 3.8) is 0 Å². The number of fused-ring (bicyclic) bond motifs is 1. The van der Waals surface area contributed by atoms with Crippen molar-refractivity contribution in [2.45, 2.75) is 0 Å². The van der Waals surface area contributed by atoms with Gasteiger partial charge in [0.15, 0.2) is 10.9 Å². The summed E-state index contributed by atoms with van der Waals surface area (Å²) in [7, 11) is 0. The number of hydrogen-bond donors (Lipinski definition) is 2. The molecule has 3 aromatic carbocycles. The number of hydrogen-bond acceptors (Lipinski definition) is 3. The van der Waals surface area contributed by atoms with Gasteiger partial charge in [-0.15, -0.1) is 0 Å². The third-order valence-corrected chi connectivity index (χ3v) is 5.75. The van der Waals surface area contributed by atoms with Crippen molar-refractivity contribution < 1.29 is 0 Å². The van der Waals surface area contributed by atoms with Gasteiger partial charge < -0.3 is 5.32 Å². The molecule has 9 heteroatoms. The minimum atomic E-state index is -0.277. The van der Waals surface area contributed by atoms with Gasteiger partial charge in [-0.25, -0.2) is 4.98 Å². The molecule has 150 valence electrons. The van der Waals surface area contributed by atoms with Gasteiger partial charge in [0.1, 0.15) is 0 Å². The molecule has 0 saturated heterocycles. The maximum Gasteiger partial charge on any atom is 0.280 e. The van der Waals surface area contributed by atoms with Crippen molar-refractivity contribution in [1.82, 2.24) is 9.66 Å². The summed E-state index contributed by atoms with van der Waals surface area (Å²) in [6.07, 6.45) is 0. The molecule has 1 aromatic heterocycles. The van der Waals surface area contributed by atoms with Gasteiger partial charge in [0.05, 0.1) is 10.9 Å². The zero-order chi connectivity index (χ0) is 21.3. The van der Waals surface area contributed by atoms with Crippen LogP contribution in [0.3, 0.4) is 0 Å². The smallest absolute Gasteiger partial charge is 0.280 e. The zero-order valence-corrected chi connectivity index (χ0v) is 19.9. The normalized spacial score (nSPS) is 10.8. The standard InChI is InChI=1S/C21H13Br2ClN4OS/c22-13-10-16-18(17(23)11-13)26-19(12-4-2-1-3-5-12)28(20(16)29)27-21(30)25-15-8-6-14(24)7-9-15/h1-11H,(H2,25,27,30). The summed E-state index contributed by atoms with van der Waals surface area (Å²) in [5.41, 5.74) is 4.77. The molecule has 0 fully saturated rings. The molecule has 30 heavy (non-hydrogen) atoms. The Morgan fingerprint density at radius 3 is 2.43 bits per heavy atom. The van der Waals surface area contributed by atoms with Crippen LogP contribution in [0, 0.1) is 0 Å². The molecule has 0 aliphatic rings. The Kier molecular flexibility index (Phi) is 6.19. The van der Waals surface area contributed by atoms with Crippen LogP contribution in [0.15, 0.2) is 80.5 Å². The van der Waals surface area contributed by atoms with Crippen LogP contribution in [-0.2, 0) is 0 Å². The molecule has 0 aliphatic carbocycles. The highest BCUT2D eigenvalue weighted by atomic mass is 79.9. The molecule has 0 atom stereocenters. The van der Waals surface area contributed by atoms with Gasteiger partial charge in [0, 0.05) is 25.2 Å². The Balaban J connectivity index is 1.82. The van der Waals surface area contributed by atoms with E-state index >= 15 is 0 Å². The number of benzene rings is 3. The Hall–Kier alpha value is -2.26. The van der Waals surface area contributed by atoms with Crippen molar-refractivity contribution in [3.8, 4) is 11.4 Å². The highest BCUT2D eigenvalue weighted by molar-refractivity contribution is 9.11. The van der Waals surface area contributed by atoms with Gasteiger partial charge in [0.2, 0.25) is 0 Å². The van der Waals surface area contributed by atoms with Crippen LogP contribution in [0.2, 0.25) is 5.02 Å². The van der Waals surface area contributed by atoms with Crippen molar-refractivity contribution in [1.29, 1.82) is 0 Å². The van der Waals surface area contributed by atoms with Crippen LogP contribution in [-0.4, -0.2) is 14.8 Å². The van der Waals surface area contributed by atoms with Gasteiger partial charge in [-0.05, 0) is 64.5 Å². The highest BCUT2D eigenvalue weighted by Gasteiger charge is 2.16. The van der Waals surface area contributed by atoms with E-state index < -0.39 is 0 Å². The number of anilines is 1. The Labute approximate surface area is 199 Å². The third kappa shape index (κ3) is 4.41. The first-order valence-corrected chi connectivity index (χ1v) is 11.1. The molecule has 0 amide bonds. The van der Waals surface area contributed by atoms with Crippen LogP contribution >= 0.6 is 55.7 Å². The van der Waals surface area contributed by atoms with Gasteiger partial charge in [-0.2, -0.15) is 4.68 Å². The van der Waals surface area contributed by atoms with Crippen LogP contribution < -0.4 is 16.3 Å². The second kappa shape index (κ2) is 8.85. The lowest BCUT2D eigenvalue weighted by atomic mass is 10.2. The first kappa shape index (κ1) is 21.0. The lowest BCUT2D eigenvalue weighted by molar-refractivity contribution is 0.909. The third-order valence-electron chi connectivity index (χ3n) is 4.24. The lowest BCUT2D eigenvalue weighted by Gasteiger charge is -2.17. The molecule has 0 spiro atoms. The van der Waals surface area contributed by atoms with Gasteiger partial charge in [-0.1, -0.05) is 57.9 Å². The molecule has 2 N–H and O–H groups in total. The minimum absolute atomic E-state index is 0.242. The van der Waals surface area contributed by atoms with Crippen LogP contribution in [0.25, 0.3) is 22.3 Å². The molecule has 0 radical (unpaired) electrons. The number of nitrogens with zero attached hydrogens (tertiary/aromatic N) is 2. The van der Waals surface area contributed by atoms with E-state index in [2.05, 4.69) is 42.6 Å². The monoisotopic (exact) mass is 562 g/mol. The molecule has 4 rings (SSSR count). The number of thiocarbonyl (C=S) groups is 1. The average molecular weight is 565 g/mol. The SMILES string of the molecule is O=c1c2cc(Br)cc(Br)c2nc(-c2ccccc2)n1NC(=S)Nc1ccc(Cl)cc1. The van der Waals surface area contributed by atoms with Crippen LogP contribution in [0.4, 0.5) is 5.69 Å². The maximum absolute atomic E-state index is 13.4. The molecular formula is C21H13Br2ClN4OS. The molecule has 5 nitrogen and oxygen atoms in total. The van der Waals surface area contributed by atoms with Gasteiger partial charge >= 0.3 is 0 Å². The van der Waals surface area contributed by atoms with Gasteiger partial charge in [0.25, 0.3) is 5.56 Å². The van der Waals surface area contributed by atoms with Crippen LogP contribution in [0.5, 0.6) is 0 Å². The summed E-state index contributed by atoms with van der Waals surface area (Å²) in [5, 5.41) is 4.36. The van der Waals surface area contributed by atoms with Crippen molar-refractivity contribution in [2.75, 3.05) is 10.7 Å². The van der Waals surface area contributed by atoms with E-state index in [0.717, 1.165) is 20.2 Å². The summed E-state index contributed by atoms with van der Waals surface area (Å²) < 4.78 is 2.83. The Morgan fingerprint density at radius 2 is 1.73 bits per heavy atom. The summed E-state index contributed by atoms with van der Waals surface area (Å²) in [6.45, 7) is 0. The first-order valence-electron chi connectivity index (χ1n) is 8.73. The van der Waals surface area contributed by atoms with E-state index in [0.29, 0.717) is 21.7 Å². The molecule has 0 unspecified atom stereocenters. The summed E-state index contributed by atoms with van der Waals surface area (Å²) >= 11 is 18.3. The van der Waals surface area contributed by atoms with E-state index in [1.807, 2.05) is 36.4 Å². The molecule has 1 heterocycles. The minimum Gasteiger partial charge on any atom is -0.331 e. The quantitative estimate of drug-likeness (QED) is 0.291. The number of nitrogens with one attached hydrogen (secondary N) is 2. The number of halogens is 3. The van der Waals surface area contributed by atoms with Gasteiger partial charge in [-0.3, -0.25) is 10.2 Å². The van der Waals surface area contributed by atoms with E-state index in [1.165, 1.54) is 4.68 Å². The van der Waals surface area contributed by atoms with E-state index in [-0.39, 0.29) is 10.7 Å². The highest BCUT2D eigenvalue weighted by Crippen LogP contribution is 2.27. The average Bonchev–Trinajstić information content (AvgIpc) is 2.73. The Bertz CT molecular complexity index is 1310. The molecular weight excluding hydrogens is 552 g/mol. The second-order valence-corrected chi connectivity index (χ2v) is 8.91. The number of rotatable bonds is 3. The Morgan fingerprint density at radius 1 is 1.03 bits per heavy atom. The molecule has 4 aromatic rings. The predicted molar refractivity (Wildman–Crippen MR) is 134 cm³/mol. The lowest BCUT2D eigenvalue weighted by Crippen LogP contribution is -2.37. The fourth-order valence-electron chi connectivity index (χ4n) is 2.89. The predicted octanol–water partition coefficient (Wildman–Crippen LogP) is 6.18. The fourth-order valence-corrected chi connectivity index (χ4v) is 4.54.